The molecule has 0 aliphatic rings. The van der Waals surface area contributed by atoms with Gasteiger partial charge in [-0.15, -0.1) is 0 Å². The van der Waals surface area contributed by atoms with Crippen molar-refractivity contribution >= 4 is 15.9 Å². The first-order chi connectivity index (χ1) is 3.79. The zero-order chi connectivity index (χ0) is 5.98. The molecule has 0 bridgehead atoms. The van der Waals surface area contributed by atoms with E-state index in [2.05, 4.69) is 26.1 Å². The molecule has 0 atom stereocenters. The average Bonchev–Trinajstić information content (AvgIpc) is 1.77. The summed E-state index contributed by atoms with van der Waals surface area (Å²) in [5.41, 5.74) is -0.187. The van der Waals surface area contributed by atoms with Gasteiger partial charge in [0.15, 0.2) is 0 Å². The Kier molecular flexibility index (Phi) is 1.43. The fourth-order valence-electron chi connectivity index (χ4n) is 0.327. The molecule has 1 aromatic rings. The molecule has 0 saturated carbocycles. The second kappa shape index (κ2) is 2.09. The summed E-state index contributed by atoms with van der Waals surface area (Å²) in [7, 11) is 0. The highest BCUT2D eigenvalue weighted by molar-refractivity contribution is 9.10. The first kappa shape index (κ1) is 5.50. The summed E-state index contributed by atoms with van der Waals surface area (Å²) in [5, 5.41) is 5.80. The molecule has 0 saturated heterocycles. The minimum absolute atomic E-state index is 0.187. The Morgan fingerprint density at radius 1 is 1.62 bits per heavy atom. The molecule has 0 aromatic carbocycles. The fourth-order valence-corrected chi connectivity index (χ4v) is 0.548. The maximum atomic E-state index is 10.3. The van der Waals surface area contributed by atoms with Crippen molar-refractivity contribution in [2.45, 2.75) is 0 Å². The zero-order valence-corrected chi connectivity index (χ0v) is 5.47. The van der Waals surface area contributed by atoms with E-state index in [0.717, 1.165) is 0 Å². The molecule has 0 aliphatic heterocycles. The van der Waals surface area contributed by atoms with Gasteiger partial charge in [0.25, 0.3) is 5.56 Å². The number of hydrogen-bond acceptors (Lipinski definition) is 2. The first-order valence-corrected chi connectivity index (χ1v) is 2.79. The Labute approximate surface area is 53.9 Å². The van der Waals surface area contributed by atoms with Crippen LogP contribution in [0.3, 0.4) is 0 Å². The lowest BCUT2D eigenvalue weighted by molar-refractivity contribution is 0.966. The van der Waals surface area contributed by atoms with Gasteiger partial charge in [-0.05, 0) is 22.0 Å². The normalized spacial score (nSPS) is 9.12. The summed E-state index contributed by atoms with van der Waals surface area (Å²) in [6, 6.07) is 2.98. The highest BCUT2D eigenvalue weighted by Crippen LogP contribution is 1.96. The summed E-state index contributed by atoms with van der Waals surface area (Å²) >= 11 is 3.06. The van der Waals surface area contributed by atoms with Crippen LogP contribution >= 0.6 is 15.9 Å². The highest BCUT2D eigenvalue weighted by atomic mass is 79.9. The van der Waals surface area contributed by atoms with E-state index in [1.54, 1.807) is 6.07 Å². The summed E-state index contributed by atoms with van der Waals surface area (Å²) in [6.45, 7) is 0. The first-order valence-electron chi connectivity index (χ1n) is 2.00. The van der Waals surface area contributed by atoms with Gasteiger partial charge in [-0.3, -0.25) is 4.79 Å². The number of hydrogen-bond donors (Lipinski definition) is 1. The molecule has 1 aromatic heterocycles. The molecular formula is C4H3BrN2O. The highest BCUT2D eigenvalue weighted by Gasteiger charge is 1.82. The molecule has 0 spiro atoms. The molecule has 3 nitrogen and oxygen atoms in total. The second-order valence-corrected chi connectivity index (χ2v) is 2.06. The number of nitrogens with zero attached hydrogens (tertiary/aromatic N) is 1. The van der Waals surface area contributed by atoms with Crippen molar-refractivity contribution in [3.8, 4) is 0 Å². The topological polar surface area (TPSA) is 45.8 Å². The van der Waals surface area contributed by atoms with Crippen LogP contribution in [0.5, 0.6) is 0 Å². The molecule has 4 heteroatoms. The van der Waals surface area contributed by atoms with Gasteiger partial charge in [0.05, 0.1) is 0 Å². The number of halogens is 1. The van der Waals surface area contributed by atoms with Gasteiger partial charge >= 0.3 is 0 Å². The number of rotatable bonds is 0. The van der Waals surface area contributed by atoms with Crippen molar-refractivity contribution in [2.24, 2.45) is 0 Å². The third kappa shape index (κ3) is 1.16. The Morgan fingerprint density at radius 2 is 2.38 bits per heavy atom. The van der Waals surface area contributed by atoms with Gasteiger partial charge in [-0.25, -0.2) is 5.10 Å². The standard InChI is InChI=1S/C4H3BrN2O/c5-3-1-2-4(8)7-6-3/h1-2H,(H,7,8). The molecule has 1 rings (SSSR count). The van der Waals surface area contributed by atoms with Crippen LogP contribution in [0.25, 0.3) is 0 Å². The maximum Gasteiger partial charge on any atom is 0.264 e. The van der Waals surface area contributed by atoms with Crippen LogP contribution in [-0.2, 0) is 0 Å². The number of aromatic nitrogens is 2. The zero-order valence-electron chi connectivity index (χ0n) is 3.89. The van der Waals surface area contributed by atoms with Gasteiger partial charge in [0.1, 0.15) is 4.60 Å². The van der Waals surface area contributed by atoms with E-state index in [9.17, 15) is 4.79 Å². The van der Waals surface area contributed by atoms with Crippen molar-refractivity contribution in [1.82, 2.24) is 10.2 Å². The number of aromatic amines is 1. The average molecular weight is 175 g/mol. The van der Waals surface area contributed by atoms with Gasteiger partial charge in [-0.1, -0.05) is 0 Å². The van der Waals surface area contributed by atoms with Crippen LogP contribution in [0.1, 0.15) is 0 Å². The van der Waals surface area contributed by atoms with E-state index >= 15 is 0 Å². The van der Waals surface area contributed by atoms with Crippen molar-refractivity contribution in [3.63, 3.8) is 0 Å². The van der Waals surface area contributed by atoms with Gasteiger partial charge in [0.2, 0.25) is 0 Å². The minimum atomic E-state index is -0.187. The molecule has 0 unspecified atom stereocenters. The van der Waals surface area contributed by atoms with E-state index in [1.807, 2.05) is 0 Å². The third-order valence-electron chi connectivity index (χ3n) is 0.645. The maximum absolute atomic E-state index is 10.3. The van der Waals surface area contributed by atoms with Crippen molar-refractivity contribution in [1.29, 1.82) is 0 Å². The van der Waals surface area contributed by atoms with Crippen molar-refractivity contribution < 1.29 is 0 Å². The van der Waals surface area contributed by atoms with Crippen molar-refractivity contribution in [2.75, 3.05) is 0 Å². The van der Waals surface area contributed by atoms with Gasteiger partial charge < -0.3 is 0 Å². The van der Waals surface area contributed by atoms with Crippen LogP contribution < -0.4 is 5.56 Å². The van der Waals surface area contributed by atoms with E-state index in [0.29, 0.717) is 4.60 Å². The van der Waals surface area contributed by atoms with Crippen LogP contribution in [0, 0.1) is 0 Å². The predicted octanol–water partition coefficient (Wildman–Crippen LogP) is 0.532. The van der Waals surface area contributed by atoms with E-state index in [4.69, 9.17) is 0 Å². The lowest BCUT2D eigenvalue weighted by Gasteiger charge is -1.81. The molecule has 0 fully saturated rings. The quantitative estimate of drug-likeness (QED) is 0.625. The van der Waals surface area contributed by atoms with Crippen LogP contribution in [0.15, 0.2) is 21.5 Å². The number of H-pyrrole nitrogens is 1. The smallest absolute Gasteiger partial charge is 0.264 e. The van der Waals surface area contributed by atoms with Crippen LogP contribution in [0.2, 0.25) is 0 Å². The van der Waals surface area contributed by atoms with Gasteiger partial charge in [0, 0.05) is 6.07 Å². The molecular weight excluding hydrogens is 172 g/mol. The summed E-state index contributed by atoms with van der Waals surface area (Å²) in [4.78, 5) is 10.3. The fraction of sp³-hybridized carbons (Fsp3) is 0. The van der Waals surface area contributed by atoms with Crippen LogP contribution in [0.4, 0.5) is 0 Å². The summed E-state index contributed by atoms with van der Waals surface area (Å²) in [5.74, 6) is 0. The van der Waals surface area contributed by atoms with E-state index in [-0.39, 0.29) is 5.56 Å². The predicted molar refractivity (Wildman–Crippen MR) is 32.6 cm³/mol. The van der Waals surface area contributed by atoms with Gasteiger partial charge in [-0.2, -0.15) is 5.10 Å². The minimum Gasteiger partial charge on any atom is -0.268 e. The summed E-state index contributed by atoms with van der Waals surface area (Å²) in [6.07, 6.45) is 0. The number of nitrogens with one attached hydrogen (secondary N) is 1. The largest absolute Gasteiger partial charge is 0.268 e. The molecule has 8 heavy (non-hydrogen) atoms. The monoisotopic (exact) mass is 174 g/mol. The molecule has 0 aliphatic carbocycles. The van der Waals surface area contributed by atoms with Crippen LogP contribution in [-0.4, -0.2) is 10.2 Å². The summed E-state index contributed by atoms with van der Waals surface area (Å²) < 4.78 is 0.636. The Morgan fingerprint density at radius 3 is 2.75 bits per heavy atom. The Balaban J connectivity index is 3.22. The molecule has 42 valence electrons. The Hall–Kier alpha value is -0.640. The SMILES string of the molecule is O=c1ccc(Br)n[nH]1. The van der Waals surface area contributed by atoms with Crippen molar-refractivity contribution in [3.05, 3.63) is 27.1 Å². The molecule has 1 N–H and O–H groups in total. The molecule has 0 radical (unpaired) electrons. The second-order valence-electron chi connectivity index (χ2n) is 1.24. The van der Waals surface area contributed by atoms with E-state index < -0.39 is 0 Å². The van der Waals surface area contributed by atoms with E-state index in [1.165, 1.54) is 6.07 Å². The lowest BCUT2D eigenvalue weighted by Crippen LogP contribution is -2.03. The molecule has 0 amide bonds. The third-order valence-corrected chi connectivity index (χ3v) is 1.09. The lowest BCUT2D eigenvalue weighted by atomic mass is 10.6. The molecule has 1 heterocycles. The Bertz CT molecular complexity index is 211.